The number of nitrogens with zero attached hydrogens (tertiary/aromatic N) is 4. The number of halogens is 2. The first-order chi connectivity index (χ1) is 13.1. The highest BCUT2D eigenvalue weighted by Crippen LogP contribution is 2.24. The molecule has 4 rings (SSSR count). The zero-order valence-electron chi connectivity index (χ0n) is 14.3. The molecule has 0 fully saturated rings. The average Bonchev–Trinajstić information content (AvgIpc) is 3.04. The van der Waals surface area contributed by atoms with Gasteiger partial charge < -0.3 is 9.30 Å². The minimum Gasteiger partial charge on any atom is -0.425 e. The largest absolute Gasteiger partial charge is 0.425 e. The zero-order valence-corrected chi connectivity index (χ0v) is 14.3. The molecule has 0 saturated carbocycles. The van der Waals surface area contributed by atoms with Gasteiger partial charge in [-0.15, -0.1) is 0 Å². The van der Waals surface area contributed by atoms with Crippen molar-refractivity contribution >= 4 is 11.2 Å². The summed E-state index contributed by atoms with van der Waals surface area (Å²) in [5, 5.41) is 0. The van der Waals surface area contributed by atoms with Gasteiger partial charge in [-0.25, -0.2) is 18.3 Å². The van der Waals surface area contributed by atoms with Gasteiger partial charge in [0.05, 0.1) is 12.0 Å². The van der Waals surface area contributed by atoms with Crippen LogP contribution in [0.4, 0.5) is 8.78 Å². The Labute approximate surface area is 152 Å². The number of alkyl halides is 1. The fraction of sp³-hybridized carbons (Fsp3) is 0.105. The lowest BCUT2D eigenvalue weighted by atomic mass is 10.2. The fourth-order valence-corrected chi connectivity index (χ4v) is 2.72. The minimum atomic E-state index is -0.643. The standard InChI is InChI=1S/C19H14F2N4O2/c1-24-11-22-16-17(24)23-19(27-15-4-2-3-12(9-15)10-20)25(18(16)26)14-7-5-13(21)6-8-14/h2-9,11H,10H2,1H3. The number of aromatic nitrogens is 4. The van der Waals surface area contributed by atoms with Gasteiger partial charge in [-0.05, 0) is 42.0 Å². The molecular formula is C19H14F2N4O2. The van der Waals surface area contributed by atoms with Crippen molar-refractivity contribution in [3.63, 3.8) is 0 Å². The zero-order chi connectivity index (χ0) is 19.0. The Morgan fingerprint density at radius 2 is 1.93 bits per heavy atom. The maximum atomic E-state index is 13.3. The second-order valence-corrected chi connectivity index (χ2v) is 5.92. The maximum absolute atomic E-state index is 13.3. The molecule has 0 radical (unpaired) electrons. The number of fused-ring (bicyclic) bond motifs is 1. The van der Waals surface area contributed by atoms with Crippen LogP contribution in [0.2, 0.25) is 0 Å². The van der Waals surface area contributed by atoms with E-state index < -0.39 is 18.1 Å². The average molecular weight is 368 g/mol. The smallest absolute Gasteiger partial charge is 0.311 e. The third-order valence-corrected chi connectivity index (χ3v) is 4.05. The molecule has 0 aliphatic heterocycles. The van der Waals surface area contributed by atoms with Crippen molar-refractivity contribution in [3.05, 3.63) is 76.6 Å². The molecule has 0 atom stereocenters. The Hall–Kier alpha value is -3.55. The fourth-order valence-electron chi connectivity index (χ4n) is 2.72. The predicted molar refractivity (Wildman–Crippen MR) is 95.4 cm³/mol. The molecule has 0 aliphatic rings. The molecular weight excluding hydrogens is 354 g/mol. The summed E-state index contributed by atoms with van der Waals surface area (Å²) in [6.07, 6.45) is 1.47. The van der Waals surface area contributed by atoms with Crippen molar-refractivity contribution in [1.82, 2.24) is 19.1 Å². The molecule has 27 heavy (non-hydrogen) atoms. The van der Waals surface area contributed by atoms with E-state index >= 15 is 0 Å². The monoisotopic (exact) mass is 368 g/mol. The van der Waals surface area contributed by atoms with Crippen LogP contribution in [0.15, 0.2) is 59.7 Å². The Kier molecular flexibility index (Phi) is 4.15. The molecule has 2 aromatic carbocycles. The number of benzene rings is 2. The maximum Gasteiger partial charge on any atom is 0.311 e. The van der Waals surface area contributed by atoms with E-state index in [1.165, 1.54) is 41.2 Å². The van der Waals surface area contributed by atoms with E-state index in [-0.39, 0.29) is 11.5 Å². The molecule has 0 unspecified atom stereocenters. The molecule has 6 nitrogen and oxygen atoms in total. The molecule has 0 bridgehead atoms. The molecule has 0 N–H and O–H groups in total. The lowest BCUT2D eigenvalue weighted by molar-refractivity contribution is 0.423. The van der Waals surface area contributed by atoms with Gasteiger partial charge in [-0.2, -0.15) is 4.98 Å². The van der Waals surface area contributed by atoms with Crippen LogP contribution in [0.3, 0.4) is 0 Å². The van der Waals surface area contributed by atoms with Crippen molar-refractivity contribution in [2.75, 3.05) is 0 Å². The van der Waals surface area contributed by atoms with Crippen LogP contribution in [-0.4, -0.2) is 19.1 Å². The number of rotatable bonds is 4. The summed E-state index contributed by atoms with van der Waals surface area (Å²) >= 11 is 0. The van der Waals surface area contributed by atoms with Gasteiger partial charge in [-0.1, -0.05) is 12.1 Å². The summed E-state index contributed by atoms with van der Waals surface area (Å²) in [4.78, 5) is 21.5. The van der Waals surface area contributed by atoms with Crippen molar-refractivity contribution in [2.45, 2.75) is 6.67 Å². The SMILES string of the molecule is Cn1cnc2c(=O)n(-c3ccc(F)cc3)c(Oc3cccc(CF)c3)nc21. The first kappa shape index (κ1) is 16.9. The quantitative estimate of drug-likeness (QED) is 0.553. The summed E-state index contributed by atoms with van der Waals surface area (Å²) in [7, 11) is 1.71. The van der Waals surface area contributed by atoms with Crippen LogP contribution >= 0.6 is 0 Å². The van der Waals surface area contributed by atoms with Gasteiger partial charge in [0.15, 0.2) is 11.2 Å². The number of aryl methyl sites for hydroxylation is 1. The summed E-state index contributed by atoms with van der Waals surface area (Å²) < 4.78 is 34.8. The van der Waals surface area contributed by atoms with Crippen molar-refractivity contribution < 1.29 is 13.5 Å². The Morgan fingerprint density at radius 3 is 2.67 bits per heavy atom. The third kappa shape index (κ3) is 3.05. The molecule has 0 aliphatic carbocycles. The number of ether oxygens (including phenoxy) is 1. The van der Waals surface area contributed by atoms with Crippen LogP contribution in [-0.2, 0) is 13.7 Å². The van der Waals surface area contributed by atoms with E-state index in [4.69, 9.17) is 4.74 Å². The van der Waals surface area contributed by atoms with Crippen molar-refractivity contribution in [3.8, 4) is 17.4 Å². The van der Waals surface area contributed by atoms with E-state index in [9.17, 15) is 13.6 Å². The Bertz CT molecular complexity index is 1180. The van der Waals surface area contributed by atoms with Crippen LogP contribution < -0.4 is 10.3 Å². The van der Waals surface area contributed by atoms with Crippen molar-refractivity contribution in [1.29, 1.82) is 0 Å². The first-order valence-corrected chi connectivity index (χ1v) is 8.09. The van der Waals surface area contributed by atoms with Gasteiger partial charge in [0.1, 0.15) is 18.2 Å². The minimum absolute atomic E-state index is 0.0290. The number of hydrogen-bond acceptors (Lipinski definition) is 4. The lowest BCUT2D eigenvalue weighted by Gasteiger charge is -2.13. The van der Waals surface area contributed by atoms with Crippen LogP contribution in [0, 0.1) is 5.82 Å². The highest BCUT2D eigenvalue weighted by molar-refractivity contribution is 5.70. The highest BCUT2D eigenvalue weighted by atomic mass is 19.1. The van der Waals surface area contributed by atoms with Crippen LogP contribution in [0.25, 0.3) is 16.9 Å². The second kappa shape index (κ2) is 6.64. The molecule has 2 heterocycles. The number of hydrogen-bond donors (Lipinski definition) is 0. The molecule has 136 valence electrons. The third-order valence-electron chi connectivity index (χ3n) is 4.05. The van der Waals surface area contributed by atoms with E-state index in [2.05, 4.69) is 9.97 Å². The predicted octanol–water partition coefficient (Wildman–Crippen LogP) is 3.52. The van der Waals surface area contributed by atoms with Crippen molar-refractivity contribution in [2.24, 2.45) is 7.05 Å². The van der Waals surface area contributed by atoms with Gasteiger partial charge >= 0.3 is 6.01 Å². The van der Waals surface area contributed by atoms with Crippen LogP contribution in [0.1, 0.15) is 5.56 Å². The lowest BCUT2D eigenvalue weighted by Crippen LogP contribution is -2.22. The Balaban J connectivity index is 1.93. The van der Waals surface area contributed by atoms with Gasteiger partial charge in [-0.3, -0.25) is 4.79 Å². The summed E-state index contributed by atoms with van der Waals surface area (Å²) in [6, 6.07) is 11.7. The topological polar surface area (TPSA) is 61.9 Å². The number of imidazole rings is 1. The molecule has 0 saturated heterocycles. The summed E-state index contributed by atoms with van der Waals surface area (Å²) in [5.41, 5.74) is 0.855. The molecule has 8 heteroatoms. The van der Waals surface area contributed by atoms with Crippen LogP contribution in [0.5, 0.6) is 11.8 Å². The van der Waals surface area contributed by atoms with Gasteiger partial charge in [0, 0.05) is 7.05 Å². The normalized spacial score (nSPS) is 11.1. The van der Waals surface area contributed by atoms with Gasteiger partial charge in [0.2, 0.25) is 0 Å². The van der Waals surface area contributed by atoms with E-state index in [0.29, 0.717) is 22.6 Å². The van der Waals surface area contributed by atoms with Gasteiger partial charge in [0.25, 0.3) is 5.56 Å². The molecule has 0 amide bonds. The van der Waals surface area contributed by atoms with E-state index in [1.807, 2.05) is 0 Å². The summed E-state index contributed by atoms with van der Waals surface area (Å²) in [6.45, 7) is -0.643. The second-order valence-electron chi connectivity index (χ2n) is 5.92. The van der Waals surface area contributed by atoms with E-state index in [0.717, 1.165) is 0 Å². The summed E-state index contributed by atoms with van der Waals surface area (Å²) in [5.74, 6) is -0.105. The molecule has 0 spiro atoms. The first-order valence-electron chi connectivity index (χ1n) is 8.09. The van der Waals surface area contributed by atoms with E-state index in [1.54, 1.807) is 29.8 Å². The Morgan fingerprint density at radius 1 is 1.15 bits per heavy atom. The molecule has 2 aromatic heterocycles. The highest BCUT2D eigenvalue weighted by Gasteiger charge is 2.18. The molecule has 4 aromatic rings.